The maximum atomic E-state index is 12.5. The number of esters is 1. The second kappa shape index (κ2) is 8.31. The van der Waals surface area contributed by atoms with Crippen molar-refractivity contribution in [2.75, 3.05) is 11.9 Å². The van der Waals surface area contributed by atoms with Crippen LogP contribution in [0.5, 0.6) is 0 Å². The van der Waals surface area contributed by atoms with Gasteiger partial charge < -0.3 is 9.64 Å². The van der Waals surface area contributed by atoms with E-state index in [0.29, 0.717) is 12.1 Å². The van der Waals surface area contributed by atoms with E-state index in [2.05, 4.69) is 5.10 Å². The quantitative estimate of drug-likeness (QED) is 0.631. The van der Waals surface area contributed by atoms with E-state index in [9.17, 15) is 9.59 Å². The van der Waals surface area contributed by atoms with Gasteiger partial charge in [0.05, 0.1) is 12.1 Å². The lowest BCUT2D eigenvalue weighted by Crippen LogP contribution is -2.37. The Kier molecular flexibility index (Phi) is 5.66. The monoisotopic (exact) mass is 363 g/mol. The Hall–Kier alpha value is -3.41. The molecule has 1 aromatic heterocycles. The van der Waals surface area contributed by atoms with Crippen molar-refractivity contribution in [1.29, 1.82) is 0 Å². The molecule has 0 saturated heterocycles. The van der Waals surface area contributed by atoms with Crippen molar-refractivity contribution in [1.82, 2.24) is 9.78 Å². The Labute approximate surface area is 158 Å². The van der Waals surface area contributed by atoms with Gasteiger partial charge >= 0.3 is 5.97 Å². The molecule has 6 nitrogen and oxygen atoms in total. The van der Waals surface area contributed by atoms with Gasteiger partial charge in [-0.05, 0) is 42.8 Å². The average Bonchev–Trinajstić information content (AvgIpc) is 3.21. The van der Waals surface area contributed by atoms with E-state index in [-0.39, 0.29) is 5.91 Å². The van der Waals surface area contributed by atoms with Crippen molar-refractivity contribution >= 4 is 17.6 Å². The molecule has 0 spiro atoms. The summed E-state index contributed by atoms with van der Waals surface area (Å²) in [6.45, 7) is 2.20. The van der Waals surface area contributed by atoms with Crippen LogP contribution in [0.15, 0.2) is 73.1 Å². The van der Waals surface area contributed by atoms with Gasteiger partial charge in [-0.1, -0.05) is 30.3 Å². The molecular formula is C21H21N3O3. The molecule has 1 amide bonds. The highest BCUT2D eigenvalue weighted by molar-refractivity contribution is 5.98. The number of amides is 1. The topological polar surface area (TPSA) is 64.4 Å². The molecule has 0 bridgehead atoms. The van der Waals surface area contributed by atoms with Crippen molar-refractivity contribution in [3.8, 4) is 0 Å². The van der Waals surface area contributed by atoms with Gasteiger partial charge in [0.1, 0.15) is 0 Å². The second-order valence-corrected chi connectivity index (χ2v) is 6.18. The molecule has 0 aliphatic rings. The number of hydrogen-bond acceptors (Lipinski definition) is 4. The zero-order valence-electron chi connectivity index (χ0n) is 15.3. The molecule has 1 heterocycles. The zero-order chi connectivity index (χ0) is 19.2. The maximum Gasteiger partial charge on any atom is 0.338 e. The third-order valence-electron chi connectivity index (χ3n) is 4.20. The molecule has 3 aromatic rings. The van der Waals surface area contributed by atoms with Crippen molar-refractivity contribution in [2.24, 2.45) is 0 Å². The summed E-state index contributed by atoms with van der Waals surface area (Å²) in [6, 6.07) is 18.2. The van der Waals surface area contributed by atoms with Crippen molar-refractivity contribution < 1.29 is 14.3 Å². The lowest BCUT2D eigenvalue weighted by atomic mass is 10.1. The van der Waals surface area contributed by atoms with Crippen LogP contribution in [0.25, 0.3) is 0 Å². The minimum atomic E-state index is -0.883. The molecule has 0 aliphatic carbocycles. The molecule has 138 valence electrons. The summed E-state index contributed by atoms with van der Waals surface area (Å²) in [7, 11) is 1.66. The fourth-order valence-electron chi connectivity index (χ4n) is 2.66. The maximum absolute atomic E-state index is 12.5. The second-order valence-electron chi connectivity index (χ2n) is 6.18. The van der Waals surface area contributed by atoms with E-state index in [4.69, 9.17) is 4.74 Å². The Morgan fingerprint density at radius 3 is 2.41 bits per heavy atom. The summed E-state index contributed by atoms with van der Waals surface area (Å²) < 4.78 is 7.14. The first-order chi connectivity index (χ1) is 13.0. The summed E-state index contributed by atoms with van der Waals surface area (Å²) in [5, 5.41) is 4.15. The summed E-state index contributed by atoms with van der Waals surface area (Å²) in [5.41, 5.74) is 2.16. The van der Waals surface area contributed by atoms with Crippen molar-refractivity contribution in [3.63, 3.8) is 0 Å². The standard InChI is InChI=1S/C21H21N3O3/c1-16(20(25)23(2)19-7-4-3-5-8-19)27-21(26)18-11-9-17(10-12-18)15-24-14-6-13-22-24/h3-14,16H,15H2,1-2H3/t16-/m0/s1. The first-order valence-corrected chi connectivity index (χ1v) is 8.64. The van der Waals surface area contributed by atoms with Crippen LogP contribution in [0.1, 0.15) is 22.8 Å². The van der Waals surface area contributed by atoms with E-state index in [1.165, 1.54) is 4.90 Å². The first kappa shape index (κ1) is 18.4. The van der Waals surface area contributed by atoms with E-state index in [1.54, 1.807) is 37.0 Å². The fourth-order valence-corrected chi connectivity index (χ4v) is 2.66. The normalized spacial score (nSPS) is 11.6. The third-order valence-corrected chi connectivity index (χ3v) is 4.20. The Morgan fingerprint density at radius 1 is 1.07 bits per heavy atom. The average molecular weight is 363 g/mol. The van der Waals surface area contributed by atoms with Gasteiger partial charge in [-0.25, -0.2) is 4.79 Å². The summed E-state index contributed by atoms with van der Waals surface area (Å²) in [6.07, 6.45) is 2.71. The van der Waals surface area contributed by atoms with Gasteiger partial charge in [0.25, 0.3) is 5.91 Å². The highest BCUT2D eigenvalue weighted by Gasteiger charge is 2.23. The molecule has 0 saturated carbocycles. The summed E-state index contributed by atoms with van der Waals surface area (Å²) in [4.78, 5) is 26.3. The Bertz CT molecular complexity index is 890. The number of rotatable bonds is 6. The number of aromatic nitrogens is 2. The minimum absolute atomic E-state index is 0.287. The van der Waals surface area contributed by atoms with Crippen LogP contribution in [-0.2, 0) is 16.1 Å². The first-order valence-electron chi connectivity index (χ1n) is 8.64. The molecule has 0 aliphatic heterocycles. The lowest BCUT2D eigenvalue weighted by Gasteiger charge is -2.21. The van der Waals surface area contributed by atoms with Crippen LogP contribution in [0.3, 0.4) is 0 Å². The molecule has 27 heavy (non-hydrogen) atoms. The SMILES string of the molecule is C[C@H](OC(=O)c1ccc(Cn2cccn2)cc1)C(=O)N(C)c1ccccc1. The molecule has 1 atom stereocenters. The number of benzene rings is 2. The Morgan fingerprint density at radius 2 is 1.78 bits per heavy atom. The van der Waals surface area contributed by atoms with Crippen molar-refractivity contribution in [3.05, 3.63) is 84.2 Å². The third kappa shape index (κ3) is 4.61. The van der Waals surface area contributed by atoms with Crippen LogP contribution >= 0.6 is 0 Å². The van der Waals surface area contributed by atoms with E-state index >= 15 is 0 Å². The molecule has 0 radical (unpaired) electrons. The number of anilines is 1. The van der Waals surface area contributed by atoms with Gasteiger partial charge in [0, 0.05) is 25.1 Å². The van der Waals surface area contributed by atoms with Gasteiger partial charge in [-0.15, -0.1) is 0 Å². The van der Waals surface area contributed by atoms with Gasteiger partial charge in [-0.2, -0.15) is 5.10 Å². The smallest absolute Gasteiger partial charge is 0.338 e. The number of hydrogen-bond donors (Lipinski definition) is 0. The van der Waals surface area contributed by atoms with Gasteiger partial charge in [-0.3, -0.25) is 9.48 Å². The number of carbonyl (C=O) groups is 2. The van der Waals surface area contributed by atoms with Crippen molar-refractivity contribution in [2.45, 2.75) is 19.6 Å². The summed E-state index contributed by atoms with van der Waals surface area (Å²) in [5.74, 6) is -0.812. The minimum Gasteiger partial charge on any atom is -0.449 e. The van der Waals surface area contributed by atoms with E-state index < -0.39 is 12.1 Å². The number of carbonyl (C=O) groups excluding carboxylic acids is 2. The van der Waals surface area contributed by atoms with Gasteiger partial charge in [0.2, 0.25) is 0 Å². The fraction of sp³-hybridized carbons (Fsp3) is 0.190. The zero-order valence-corrected chi connectivity index (χ0v) is 15.3. The Balaban J connectivity index is 1.60. The number of para-hydroxylation sites is 1. The molecule has 6 heteroatoms. The largest absolute Gasteiger partial charge is 0.449 e. The van der Waals surface area contributed by atoms with Gasteiger partial charge in [0.15, 0.2) is 6.10 Å². The molecule has 0 unspecified atom stereocenters. The molecule has 2 aromatic carbocycles. The molecule has 0 fully saturated rings. The van der Waals surface area contributed by atoms with E-state index in [1.807, 2.05) is 54.7 Å². The number of likely N-dealkylation sites (N-methyl/N-ethyl adjacent to an activating group) is 1. The predicted octanol–water partition coefficient (Wildman–Crippen LogP) is 3.14. The van der Waals surface area contributed by atoms with Crippen LogP contribution in [0, 0.1) is 0 Å². The summed E-state index contributed by atoms with van der Waals surface area (Å²) >= 11 is 0. The lowest BCUT2D eigenvalue weighted by molar-refractivity contribution is -0.126. The van der Waals surface area contributed by atoms with Crippen LogP contribution < -0.4 is 4.90 Å². The molecular weight excluding hydrogens is 342 g/mol. The predicted molar refractivity (Wildman–Crippen MR) is 103 cm³/mol. The molecule has 0 N–H and O–H groups in total. The highest BCUT2D eigenvalue weighted by atomic mass is 16.5. The van der Waals surface area contributed by atoms with E-state index in [0.717, 1.165) is 11.3 Å². The van der Waals surface area contributed by atoms with Crippen LogP contribution in [0.4, 0.5) is 5.69 Å². The number of ether oxygens (including phenoxy) is 1. The highest BCUT2D eigenvalue weighted by Crippen LogP contribution is 2.14. The molecule has 3 rings (SSSR count). The number of nitrogens with zero attached hydrogens (tertiary/aromatic N) is 3. The van der Waals surface area contributed by atoms with Crippen LogP contribution in [-0.4, -0.2) is 34.8 Å². The van der Waals surface area contributed by atoms with Crippen LogP contribution in [0.2, 0.25) is 0 Å².